The molecule has 0 spiro atoms. The zero-order valence-corrected chi connectivity index (χ0v) is 12.9. The van der Waals surface area contributed by atoms with Crippen LogP contribution in [-0.2, 0) is 11.3 Å². The van der Waals surface area contributed by atoms with Crippen LogP contribution < -0.4 is 5.32 Å². The van der Waals surface area contributed by atoms with Crippen molar-refractivity contribution < 1.29 is 9.90 Å². The molecule has 1 aromatic rings. The summed E-state index contributed by atoms with van der Waals surface area (Å²) in [5.41, 5.74) is 1.18. The lowest BCUT2D eigenvalue weighted by atomic mass is 9.91. The molecular formula is C17H25N3O2. The highest BCUT2D eigenvalue weighted by molar-refractivity contribution is 5.70. The third-order valence-corrected chi connectivity index (χ3v) is 4.85. The molecule has 5 nitrogen and oxygen atoms in total. The fourth-order valence-corrected chi connectivity index (χ4v) is 3.50. The number of nitrogens with one attached hydrogen (secondary N) is 1. The molecule has 0 saturated heterocycles. The van der Waals surface area contributed by atoms with Gasteiger partial charge in [0.05, 0.1) is 18.2 Å². The summed E-state index contributed by atoms with van der Waals surface area (Å²) < 4.78 is 2.12. The Morgan fingerprint density at radius 2 is 2.18 bits per heavy atom. The van der Waals surface area contributed by atoms with Gasteiger partial charge in [0.1, 0.15) is 0 Å². The first kappa shape index (κ1) is 15.3. The topological polar surface area (TPSA) is 67.2 Å². The van der Waals surface area contributed by atoms with Gasteiger partial charge in [-0.2, -0.15) is 5.10 Å². The number of carboxylic acid groups (broad SMARTS) is 1. The van der Waals surface area contributed by atoms with Crippen molar-refractivity contribution in [1.82, 2.24) is 15.1 Å². The number of allylic oxidation sites excluding steroid dienone is 1. The first-order chi connectivity index (χ1) is 10.7. The lowest BCUT2D eigenvalue weighted by Crippen LogP contribution is -2.33. The molecule has 1 heterocycles. The van der Waals surface area contributed by atoms with Crippen LogP contribution in [0, 0.1) is 5.92 Å². The molecule has 1 fully saturated rings. The highest BCUT2D eigenvalue weighted by Gasteiger charge is 2.23. The normalized spacial score (nSPS) is 26.2. The Kier molecular flexibility index (Phi) is 4.93. The van der Waals surface area contributed by atoms with Crippen LogP contribution in [0.3, 0.4) is 0 Å². The molecule has 0 aliphatic heterocycles. The van der Waals surface area contributed by atoms with Crippen molar-refractivity contribution in [3.8, 4) is 0 Å². The second kappa shape index (κ2) is 7.09. The highest BCUT2D eigenvalue weighted by Crippen LogP contribution is 2.27. The van der Waals surface area contributed by atoms with Crippen molar-refractivity contribution in [2.75, 3.05) is 0 Å². The molecule has 2 atom stereocenters. The van der Waals surface area contributed by atoms with Gasteiger partial charge in [-0.05, 0) is 25.7 Å². The number of hydrogen-bond donors (Lipinski definition) is 2. The van der Waals surface area contributed by atoms with Crippen LogP contribution in [-0.4, -0.2) is 26.9 Å². The summed E-state index contributed by atoms with van der Waals surface area (Å²) >= 11 is 0. The first-order valence-corrected chi connectivity index (χ1v) is 8.38. The molecule has 0 aromatic carbocycles. The largest absolute Gasteiger partial charge is 0.481 e. The van der Waals surface area contributed by atoms with E-state index in [1.165, 1.54) is 37.7 Å². The molecule has 22 heavy (non-hydrogen) atoms. The zero-order chi connectivity index (χ0) is 15.4. The van der Waals surface area contributed by atoms with Crippen LogP contribution in [0.1, 0.15) is 56.6 Å². The monoisotopic (exact) mass is 303 g/mol. The summed E-state index contributed by atoms with van der Waals surface area (Å²) in [5, 5.41) is 17.1. The molecular weight excluding hydrogens is 278 g/mol. The van der Waals surface area contributed by atoms with Crippen LogP contribution in [0.2, 0.25) is 0 Å². The van der Waals surface area contributed by atoms with Crippen LogP contribution in [0.15, 0.2) is 24.5 Å². The van der Waals surface area contributed by atoms with Crippen LogP contribution >= 0.6 is 0 Å². The van der Waals surface area contributed by atoms with Gasteiger partial charge in [-0.15, -0.1) is 0 Å². The van der Waals surface area contributed by atoms with E-state index >= 15 is 0 Å². The molecule has 3 rings (SSSR count). The van der Waals surface area contributed by atoms with Gasteiger partial charge in [0.25, 0.3) is 0 Å². The maximum atomic E-state index is 11.1. The van der Waals surface area contributed by atoms with Gasteiger partial charge in [-0.1, -0.05) is 31.4 Å². The minimum Gasteiger partial charge on any atom is -0.481 e. The number of aromatic nitrogens is 2. The molecule has 2 N–H and O–H groups in total. The van der Waals surface area contributed by atoms with Crippen molar-refractivity contribution >= 4 is 5.97 Å². The van der Waals surface area contributed by atoms with E-state index in [0.29, 0.717) is 18.9 Å². The average Bonchev–Trinajstić information content (AvgIpc) is 3.03. The fourth-order valence-electron chi connectivity index (χ4n) is 3.50. The summed E-state index contributed by atoms with van der Waals surface area (Å²) in [5.74, 6) is -0.950. The van der Waals surface area contributed by atoms with Gasteiger partial charge in [-0.25, -0.2) is 0 Å². The lowest BCUT2D eigenvalue weighted by molar-refractivity contribution is -0.142. The minimum absolute atomic E-state index is 0.146. The molecule has 120 valence electrons. The van der Waals surface area contributed by atoms with Crippen molar-refractivity contribution in [1.29, 1.82) is 0 Å². The molecule has 1 aromatic heterocycles. The molecule has 0 radical (unpaired) electrons. The summed E-state index contributed by atoms with van der Waals surface area (Å²) in [4.78, 5) is 11.1. The Morgan fingerprint density at radius 3 is 2.95 bits per heavy atom. The van der Waals surface area contributed by atoms with Crippen LogP contribution in [0.5, 0.6) is 0 Å². The molecule has 0 amide bonds. The summed E-state index contributed by atoms with van der Waals surface area (Å²) in [6.07, 6.45) is 15.9. The Hall–Kier alpha value is -1.62. The number of nitrogens with zero attached hydrogens (tertiary/aromatic N) is 2. The van der Waals surface area contributed by atoms with E-state index in [1.54, 1.807) is 0 Å². The summed E-state index contributed by atoms with van der Waals surface area (Å²) in [7, 11) is 0. The quantitative estimate of drug-likeness (QED) is 0.821. The Bertz CT molecular complexity index is 532. The standard InChI is InChI=1S/C17H25N3O2/c21-17(22)14-5-4-6-15(9-14)18-10-13-11-19-20(12-13)16-7-2-1-3-8-16/h4,6,11-12,14-16,18H,1-3,5,7-10H2,(H,21,22)/t14-,15-/m1/s1. The SMILES string of the molecule is O=C(O)[C@@H]1CC=C[C@@H](NCc2cnn(C3CCCCC3)c2)C1. The third-order valence-electron chi connectivity index (χ3n) is 4.85. The molecule has 5 heteroatoms. The van der Waals surface area contributed by atoms with Crippen LogP contribution in [0.4, 0.5) is 0 Å². The maximum absolute atomic E-state index is 11.1. The second-order valence-electron chi connectivity index (χ2n) is 6.54. The number of aliphatic carboxylic acids is 1. The number of carboxylic acids is 1. The number of carbonyl (C=O) groups is 1. The van der Waals surface area contributed by atoms with Crippen LogP contribution in [0.25, 0.3) is 0 Å². The van der Waals surface area contributed by atoms with Crippen molar-refractivity contribution in [2.24, 2.45) is 5.92 Å². The van der Waals surface area contributed by atoms with Gasteiger partial charge in [-0.3, -0.25) is 9.48 Å². The van der Waals surface area contributed by atoms with E-state index < -0.39 is 5.97 Å². The van der Waals surface area contributed by atoms with E-state index in [0.717, 1.165) is 6.54 Å². The fraction of sp³-hybridized carbons (Fsp3) is 0.647. The second-order valence-corrected chi connectivity index (χ2v) is 6.54. The van der Waals surface area contributed by atoms with Crippen molar-refractivity contribution in [2.45, 2.75) is 63.6 Å². The summed E-state index contributed by atoms with van der Waals surface area (Å²) in [6, 6.07) is 0.710. The predicted molar refractivity (Wildman–Crippen MR) is 84.5 cm³/mol. The third kappa shape index (κ3) is 3.77. The van der Waals surface area contributed by atoms with Gasteiger partial charge in [0, 0.05) is 24.3 Å². The predicted octanol–water partition coefficient (Wildman–Crippen LogP) is 2.90. The lowest BCUT2D eigenvalue weighted by Gasteiger charge is -2.23. The average molecular weight is 303 g/mol. The maximum Gasteiger partial charge on any atom is 0.306 e. The van der Waals surface area contributed by atoms with Gasteiger partial charge in [0.2, 0.25) is 0 Å². The van der Waals surface area contributed by atoms with E-state index in [9.17, 15) is 4.79 Å². The highest BCUT2D eigenvalue weighted by atomic mass is 16.4. The Labute approximate surface area is 131 Å². The molecule has 2 aliphatic rings. The summed E-state index contributed by atoms with van der Waals surface area (Å²) in [6.45, 7) is 0.744. The Balaban J connectivity index is 1.51. The number of hydrogen-bond acceptors (Lipinski definition) is 3. The van der Waals surface area contributed by atoms with E-state index in [4.69, 9.17) is 5.11 Å². The van der Waals surface area contributed by atoms with Crippen molar-refractivity contribution in [3.63, 3.8) is 0 Å². The zero-order valence-electron chi connectivity index (χ0n) is 12.9. The van der Waals surface area contributed by atoms with Gasteiger partial charge < -0.3 is 10.4 Å². The van der Waals surface area contributed by atoms with E-state index in [2.05, 4.69) is 27.4 Å². The first-order valence-electron chi connectivity index (χ1n) is 8.38. The molecule has 1 saturated carbocycles. The molecule has 0 bridgehead atoms. The number of rotatable bonds is 5. The van der Waals surface area contributed by atoms with Gasteiger partial charge >= 0.3 is 5.97 Å². The molecule has 0 unspecified atom stereocenters. The smallest absolute Gasteiger partial charge is 0.306 e. The van der Waals surface area contributed by atoms with E-state index in [1.807, 2.05) is 12.3 Å². The van der Waals surface area contributed by atoms with Gasteiger partial charge in [0.15, 0.2) is 0 Å². The minimum atomic E-state index is -0.693. The Morgan fingerprint density at radius 1 is 1.36 bits per heavy atom. The van der Waals surface area contributed by atoms with Crippen molar-refractivity contribution in [3.05, 3.63) is 30.1 Å². The van der Waals surface area contributed by atoms with E-state index in [-0.39, 0.29) is 12.0 Å². The molecule has 2 aliphatic carbocycles.